The van der Waals surface area contributed by atoms with E-state index in [-0.39, 0.29) is 25.4 Å². The van der Waals surface area contributed by atoms with E-state index in [1.807, 2.05) is 237 Å². The first-order chi connectivity index (χ1) is 68.3. The largest absolute Gasteiger partial charge is 0.313 e. The third kappa shape index (κ3) is 25.8. The molecule has 17 aromatic rings. The van der Waals surface area contributed by atoms with Gasteiger partial charge in [-0.2, -0.15) is 40.2 Å². The summed E-state index contributed by atoms with van der Waals surface area (Å²) in [5.74, 6) is -1.53. The normalized spacial score (nSPS) is 14.0. The van der Waals surface area contributed by atoms with Crippen molar-refractivity contribution < 1.29 is 18.4 Å². The molecule has 0 aliphatic heterocycles. The van der Waals surface area contributed by atoms with Crippen LogP contribution in [0.4, 0.5) is 8.78 Å². The number of carbonyl (C=O) groups excluding carboxylic acids is 2. The molecule has 16 nitrogen and oxygen atoms in total. The summed E-state index contributed by atoms with van der Waals surface area (Å²) in [7, 11) is 0. The molecule has 0 unspecified atom stereocenters. The molecule has 0 saturated heterocycles. The van der Waals surface area contributed by atoms with Crippen LogP contribution >= 0.6 is 70.6 Å². The number of benzene rings is 9. The fourth-order valence-corrected chi connectivity index (χ4v) is 24.1. The highest BCUT2D eigenvalue weighted by Gasteiger charge is 2.43. The number of fused-ring (bicyclic) bond motifs is 5. The molecule has 9 aromatic carbocycles. The van der Waals surface area contributed by atoms with Crippen molar-refractivity contribution in [3.05, 3.63) is 332 Å². The molecule has 8 aromatic heterocycles. The molecule has 0 amide bonds. The summed E-state index contributed by atoms with van der Waals surface area (Å²) >= 11 is 10.5. The minimum Gasteiger partial charge on any atom is -0.313 e. The van der Waals surface area contributed by atoms with E-state index >= 15 is 0 Å². The molecule has 24 heteroatoms. The number of nitrogens with zero attached hydrogens (tertiary/aromatic N) is 14. The Kier molecular flexibility index (Phi) is 33.3. The van der Waals surface area contributed by atoms with Crippen LogP contribution in [0.15, 0.2) is 328 Å². The van der Waals surface area contributed by atoms with Crippen molar-refractivity contribution in [1.82, 2.24) is 44.3 Å². The molecule has 0 bridgehead atoms. The molecular formula is C118H108F2N14O2S6. The SMILES string of the molecule is CC(=O)C(F)(F)CCSc1ccncc1-c1ccc(C#N)c2ccccc12.CC(=O)CC1(CSc2ccccc2-c2ccc(C#N)cc2)CC1.CC(C)(C)Sc1ccncc1-c1ncc(C#N)c2ccccc12.CC(C)(C)Sc1ccncc1-n1cc(C#N)c2ccccc21.CC(C)(C)Sc1ccncc1-n1nc(C2CC2)c2ccccc21.CC1CC(Sc2ccncc2-c2ccc(C#N)c3ccccc23)C1. The van der Waals surface area contributed by atoms with E-state index < -0.39 is 18.1 Å². The van der Waals surface area contributed by atoms with Gasteiger partial charge >= 0.3 is 5.92 Å². The summed E-state index contributed by atoms with van der Waals surface area (Å²) in [6, 6.07) is 85.0. The number of carbonyl (C=O) groups is 2. The molecule has 712 valence electrons. The smallest absolute Gasteiger partial charge is 0.305 e. The van der Waals surface area contributed by atoms with Gasteiger partial charge in [0, 0.05) is 197 Å². The zero-order valence-corrected chi connectivity index (χ0v) is 86.3. The van der Waals surface area contributed by atoms with Crippen LogP contribution in [-0.4, -0.2) is 92.7 Å². The first-order valence-corrected chi connectivity index (χ1v) is 52.4. The Hall–Kier alpha value is -13.6. The first kappa shape index (κ1) is 103. The third-order valence-electron chi connectivity index (χ3n) is 24.0. The van der Waals surface area contributed by atoms with Crippen LogP contribution in [0.3, 0.4) is 0 Å². The van der Waals surface area contributed by atoms with E-state index in [0.717, 1.165) is 127 Å². The standard InChI is InChI=1S/C21H16F2N2OS.C21H18N2S.C20H19NOS.C19H21N3S.C19H17N3S.C18H17N3S/c1-14(26)21(22,23)9-11-27-20-8-10-25-13-19(20)18-7-6-15(12-24)16-4-2-3-5-17(16)18;1-14-10-16(11-14)24-21-8-9-23-13-20(21)19-7-6-15(12-22)17-4-2-3-5-18(17)19;1-15(22)12-20(10-11-20)14-23-19-5-3-2-4-18(19)17-8-6-16(13-21)7-9-17;1-19(2,3)23-17-10-11-20-12-16(17)22-15-7-5-4-6-14(15)18(21-22)13-8-9-13;1-19(2,3)23-17-8-9-21-12-16(17)18-15-7-5-4-6-14(15)13(10-20)11-22-18;1-18(2,3)22-17-8-9-20-11-16(17)21-12-13(10-19)14-6-4-5-7-15(14)21/h2-8,10,13H,9,11H2,1H3;2-9,13-14,16H,10-11H2,1H3;2-9H,10-12,14H2,1H3;4-7,10-13H,8-9H2,1-3H3;4-9,11-12H,1-3H3;4-9,11-12H,1-3H3. The number of hydrogen-bond acceptors (Lipinski definition) is 20. The number of pyridine rings is 6. The van der Waals surface area contributed by atoms with Gasteiger partial charge in [-0.1, -0.05) is 221 Å². The minimum atomic E-state index is -3.30. The van der Waals surface area contributed by atoms with Crippen LogP contribution in [0, 0.1) is 68.0 Å². The summed E-state index contributed by atoms with van der Waals surface area (Å²) in [5, 5.41) is 60.0. The Balaban J connectivity index is 0.000000129. The summed E-state index contributed by atoms with van der Waals surface area (Å²) in [6.45, 7) is 24.8. The van der Waals surface area contributed by atoms with Gasteiger partial charge in [0.2, 0.25) is 0 Å². The number of alkyl halides is 2. The molecule has 3 fully saturated rings. The highest BCUT2D eigenvalue weighted by Crippen LogP contribution is 2.54. The van der Waals surface area contributed by atoms with Crippen molar-refractivity contribution in [2.24, 2.45) is 11.3 Å². The molecule has 3 saturated carbocycles. The quantitative estimate of drug-likeness (QED) is 0.0572. The summed E-state index contributed by atoms with van der Waals surface area (Å²) < 4.78 is 31.6. The highest BCUT2D eigenvalue weighted by atomic mass is 32.2. The van der Waals surface area contributed by atoms with Crippen LogP contribution < -0.4 is 0 Å². The second kappa shape index (κ2) is 46.0. The first-order valence-electron chi connectivity index (χ1n) is 47.1. The molecule has 0 spiro atoms. The van der Waals surface area contributed by atoms with Gasteiger partial charge in [0.15, 0.2) is 5.78 Å². The van der Waals surface area contributed by atoms with Crippen molar-refractivity contribution in [2.75, 3.05) is 11.5 Å². The van der Waals surface area contributed by atoms with Crippen LogP contribution in [0.25, 0.3) is 110 Å². The summed E-state index contributed by atoms with van der Waals surface area (Å²) in [4.78, 5) is 55.3. The summed E-state index contributed by atoms with van der Waals surface area (Å²) in [6.07, 6.45) is 29.5. The Morgan fingerprint density at radius 1 is 0.430 bits per heavy atom. The average molecular weight is 1980 g/mol. The van der Waals surface area contributed by atoms with Gasteiger partial charge in [-0.05, 0) is 163 Å². The molecule has 142 heavy (non-hydrogen) atoms. The maximum Gasteiger partial charge on any atom is 0.305 e. The molecule has 0 N–H and O–H groups in total. The second-order valence-electron chi connectivity index (χ2n) is 38.4. The highest BCUT2D eigenvalue weighted by molar-refractivity contribution is 8.01. The van der Waals surface area contributed by atoms with E-state index in [2.05, 4.69) is 205 Å². The predicted molar refractivity (Wildman–Crippen MR) is 580 cm³/mol. The Morgan fingerprint density at radius 2 is 0.887 bits per heavy atom. The van der Waals surface area contributed by atoms with Crippen molar-refractivity contribution in [1.29, 1.82) is 26.3 Å². The van der Waals surface area contributed by atoms with Gasteiger partial charge in [0.05, 0.1) is 92.2 Å². The van der Waals surface area contributed by atoms with Gasteiger partial charge in [-0.25, -0.2) is 4.68 Å². The number of para-hydroxylation sites is 2. The predicted octanol–water partition coefficient (Wildman–Crippen LogP) is 31.3. The van der Waals surface area contributed by atoms with E-state index in [0.29, 0.717) is 45.6 Å². The van der Waals surface area contributed by atoms with E-state index in [4.69, 9.17) is 10.4 Å². The zero-order valence-electron chi connectivity index (χ0n) is 81.4. The number of nitriles is 5. The van der Waals surface area contributed by atoms with Gasteiger partial charge < -0.3 is 9.36 Å². The molecule has 3 aliphatic carbocycles. The lowest BCUT2D eigenvalue weighted by Crippen LogP contribution is -2.26. The fraction of sp³-hybridized carbons (Fsp3) is 0.254. The van der Waals surface area contributed by atoms with E-state index in [1.54, 1.807) is 61.2 Å². The van der Waals surface area contributed by atoms with Crippen LogP contribution in [0.5, 0.6) is 0 Å². The molecule has 0 radical (unpaired) electrons. The maximum atomic E-state index is 13.6. The number of halogens is 2. The Morgan fingerprint density at radius 3 is 1.42 bits per heavy atom. The van der Waals surface area contributed by atoms with Crippen LogP contribution in [-0.2, 0) is 9.59 Å². The number of ketones is 2. The molecular weight excluding hydrogens is 1880 g/mol. The van der Waals surface area contributed by atoms with Crippen molar-refractivity contribution in [2.45, 2.75) is 195 Å². The monoisotopic (exact) mass is 1980 g/mol. The fourth-order valence-electron chi connectivity index (χ4n) is 16.9. The lowest BCUT2D eigenvalue weighted by molar-refractivity contribution is -0.140. The third-order valence-corrected chi connectivity index (χ3v) is 31.4. The molecule has 8 heterocycles. The number of thioether (sulfide) groups is 6. The Labute approximate surface area is 855 Å². The van der Waals surface area contributed by atoms with Gasteiger partial charge in [0.25, 0.3) is 0 Å². The average Bonchev–Trinajstić information content (AvgIpc) is 1.63. The minimum absolute atomic E-state index is 0.0957. The number of rotatable bonds is 22. The number of hydrogen-bond donors (Lipinski definition) is 0. The second-order valence-corrected chi connectivity index (χ2v) is 47.5. The van der Waals surface area contributed by atoms with E-state index in [1.165, 1.54) is 92.7 Å². The van der Waals surface area contributed by atoms with Crippen LogP contribution in [0.1, 0.15) is 174 Å². The zero-order chi connectivity index (χ0) is 100. The molecule has 20 rings (SSSR count). The van der Waals surface area contributed by atoms with Gasteiger partial charge in [0.1, 0.15) is 17.9 Å². The van der Waals surface area contributed by atoms with Gasteiger partial charge in [-0.15, -0.1) is 70.6 Å². The van der Waals surface area contributed by atoms with Crippen molar-refractivity contribution in [3.63, 3.8) is 0 Å². The molecule has 0 atom stereocenters. The van der Waals surface area contributed by atoms with Crippen molar-refractivity contribution in [3.8, 4) is 86.4 Å². The van der Waals surface area contributed by atoms with Gasteiger partial charge in [-0.3, -0.25) is 34.7 Å². The summed E-state index contributed by atoms with van der Waals surface area (Å²) in [5.41, 5.74) is 17.3. The Bertz CT molecular complexity index is 7700. The van der Waals surface area contributed by atoms with Crippen molar-refractivity contribution >= 4 is 136 Å². The molecule has 3 aliphatic rings. The van der Waals surface area contributed by atoms with E-state index in [9.17, 15) is 39.4 Å². The number of Topliss-reactive ketones (excluding diaryl/α,β-unsaturated/α-hetero) is 2. The lowest BCUT2D eigenvalue weighted by atomic mass is 9.87. The number of aromatic nitrogens is 9. The topological polar surface area (TPSA) is 253 Å². The lowest BCUT2D eigenvalue weighted by Gasteiger charge is -2.32. The maximum absolute atomic E-state index is 13.6. The van der Waals surface area contributed by atoms with Crippen LogP contribution in [0.2, 0.25) is 0 Å².